The molecule has 0 aliphatic rings. The van der Waals surface area contributed by atoms with Gasteiger partial charge in [0.2, 0.25) is 0 Å². The van der Waals surface area contributed by atoms with Gasteiger partial charge in [0.1, 0.15) is 4.21 Å². The van der Waals surface area contributed by atoms with Crippen molar-refractivity contribution in [3.8, 4) is 0 Å². The predicted molar refractivity (Wildman–Crippen MR) is 108 cm³/mol. The lowest BCUT2D eigenvalue weighted by atomic mass is 10.4. The predicted octanol–water partition coefficient (Wildman–Crippen LogP) is 1.09. The van der Waals surface area contributed by atoms with E-state index in [0.29, 0.717) is 19.1 Å². The fourth-order valence-electron chi connectivity index (χ4n) is 1.87. The Labute approximate surface area is 164 Å². The second-order valence-electron chi connectivity index (χ2n) is 5.09. The number of aliphatic hydroxyl groups excluding tert-OH is 1. The van der Waals surface area contributed by atoms with E-state index in [1.54, 1.807) is 18.6 Å². The van der Waals surface area contributed by atoms with Gasteiger partial charge in [0, 0.05) is 19.7 Å². The zero-order valence-corrected chi connectivity index (χ0v) is 18.0. The normalized spacial score (nSPS) is 14.6. The van der Waals surface area contributed by atoms with Gasteiger partial charge in [0.05, 0.1) is 25.0 Å². The molecule has 0 saturated carbocycles. The minimum Gasteiger partial charge on any atom is -0.390 e. The number of thiophene rings is 1. The molecule has 0 aliphatic carbocycles. The fourth-order valence-corrected chi connectivity index (χ4v) is 4.34. The summed E-state index contributed by atoms with van der Waals surface area (Å²) < 4.78 is 29.5. The molecule has 0 aromatic carbocycles. The molecule has 2 unspecified atom stereocenters. The maximum absolute atomic E-state index is 12.1. The van der Waals surface area contributed by atoms with Crippen LogP contribution in [0.15, 0.2) is 26.7 Å². The third-order valence-electron chi connectivity index (χ3n) is 2.82. The molecule has 1 rings (SSSR count). The van der Waals surface area contributed by atoms with E-state index in [-0.39, 0.29) is 46.5 Å². The van der Waals surface area contributed by atoms with E-state index in [0.717, 1.165) is 11.3 Å². The third-order valence-corrected chi connectivity index (χ3v) is 6.10. The first-order chi connectivity index (χ1) is 10.9. The van der Waals surface area contributed by atoms with Gasteiger partial charge in [-0.1, -0.05) is 6.07 Å². The summed E-state index contributed by atoms with van der Waals surface area (Å²) in [6.07, 6.45) is -1.06. The largest absolute Gasteiger partial charge is 0.390 e. The number of ether oxygens (including phenoxy) is 1. The Morgan fingerprint density at radius 2 is 2.21 bits per heavy atom. The Kier molecular flexibility index (Phi) is 11.8. The molecule has 1 aromatic rings. The molecule has 0 spiro atoms. The molecule has 0 radical (unpaired) electrons. The summed E-state index contributed by atoms with van der Waals surface area (Å²) in [4.78, 5) is 4.23. The summed E-state index contributed by atoms with van der Waals surface area (Å²) >= 11 is 1.14. The lowest BCUT2D eigenvalue weighted by Crippen LogP contribution is -2.44. The lowest BCUT2D eigenvalue weighted by molar-refractivity contribution is 0.178. The Hall–Kier alpha value is -0.430. The molecule has 0 bridgehead atoms. The van der Waals surface area contributed by atoms with Crippen LogP contribution in [0, 0.1) is 0 Å². The molecular formula is C14H26IN3O4S2. The van der Waals surface area contributed by atoms with Crippen LogP contribution in [0.1, 0.15) is 13.8 Å². The number of nitrogens with zero attached hydrogens (tertiary/aromatic N) is 1. The highest BCUT2D eigenvalue weighted by Gasteiger charge is 2.20. The molecule has 1 aromatic heterocycles. The molecule has 0 amide bonds. The van der Waals surface area contributed by atoms with Gasteiger partial charge in [-0.2, -0.15) is 0 Å². The maximum atomic E-state index is 12.1. The molecule has 3 N–H and O–H groups in total. The van der Waals surface area contributed by atoms with Crippen LogP contribution < -0.4 is 10.6 Å². The molecule has 0 aliphatic heterocycles. The number of nitrogens with one attached hydrogen (secondary N) is 2. The van der Waals surface area contributed by atoms with Crippen LogP contribution in [0.2, 0.25) is 0 Å². The van der Waals surface area contributed by atoms with Gasteiger partial charge in [-0.25, -0.2) is 8.42 Å². The topological polar surface area (TPSA) is 100 Å². The number of guanidine groups is 1. The summed E-state index contributed by atoms with van der Waals surface area (Å²) in [7, 11) is -1.86. The number of methoxy groups -OCH3 is 1. The quantitative estimate of drug-likeness (QED) is 0.272. The van der Waals surface area contributed by atoms with Gasteiger partial charge < -0.3 is 20.5 Å². The minimum atomic E-state index is -3.47. The number of aliphatic hydroxyl groups is 1. The molecule has 2 atom stereocenters. The molecular weight excluding hydrogens is 465 g/mol. The number of aliphatic imine (C=N–C) groups is 1. The second kappa shape index (κ2) is 12.0. The minimum absolute atomic E-state index is 0. The number of sulfone groups is 1. The number of halogens is 1. The Morgan fingerprint density at radius 3 is 2.75 bits per heavy atom. The van der Waals surface area contributed by atoms with Crippen LogP contribution in [0.5, 0.6) is 0 Å². The maximum Gasteiger partial charge on any atom is 0.191 e. The van der Waals surface area contributed by atoms with E-state index in [1.165, 1.54) is 6.07 Å². The molecule has 10 heteroatoms. The van der Waals surface area contributed by atoms with Crippen molar-refractivity contribution in [1.29, 1.82) is 0 Å². The highest BCUT2D eigenvalue weighted by molar-refractivity contribution is 14.0. The van der Waals surface area contributed by atoms with E-state index in [2.05, 4.69) is 15.6 Å². The average Bonchev–Trinajstić information content (AvgIpc) is 3.00. The first kappa shape index (κ1) is 23.6. The Morgan fingerprint density at radius 1 is 1.50 bits per heavy atom. The molecule has 140 valence electrons. The molecule has 7 nitrogen and oxygen atoms in total. The smallest absolute Gasteiger partial charge is 0.191 e. The van der Waals surface area contributed by atoms with Gasteiger partial charge in [0.15, 0.2) is 15.8 Å². The first-order valence-electron chi connectivity index (χ1n) is 7.37. The van der Waals surface area contributed by atoms with E-state index in [9.17, 15) is 13.5 Å². The summed E-state index contributed by atoms with van der Waals surface area (Å²) in [6.45, 7) is 5.04. The number of rotatable bonds is 9. The van der Waals surface area contributed by atoms with E-state index >= 15 is 0 Å². The lowest BCUT2D eigenvalue weighted by Gasteiger charge is -2.17. The fraction of sp³-hybridized carbons (Fsp3) is 0.643. The Bertz CT molecular complexity index is 579. The first-order valence-corrected chi connectivity index (χ1v) is 9.90. The Balaban J connectivity index is 0.00000529. The highest BCUT2D eigenvalue weighted by Crippen LogP contribution is 2.18. The number of hydrogen-bond donors (Lipinski definition) is 3. The second-order valence-corrected chi connectivity index (χ2v) is 8.30. The highest BCUT2D eigenvalue weighted by atomic mass is 127. The molecule has 24 heavy (non-hydrogen) atoms. The SMILES string of the molecule is CCNC(=NCC(O)CS(=O)(=O)c1cccs1)NC(C)COC.I. The molecule has 0 saturated heterocycles. The van der Waals surface area contributed by atoms with Crippen LogP contribution in [0.4, 0.5) is 0 Å². The van der Waals surface area contributed by atoms with Crippen molar-refractivity contribution in [1.82, 2.24) is 10.6 Å². The molecule has 1 heterocycles. The average molecular weight is 491 g/mol. The van der Waals surface area contributed by atoms with Crippen molar-refractivity contribution in [3.05, 3.63) is 17.5 Å². The zero-order valence-electron chi connectivity index (χ0n) is 14.1. The zero-order chi connectivity index (χ0) is 17.3. The van der Waals surface area contributed by atoms with Gasteiger partial charge >= 0.3 is 0 Å². The van der Waals surface area contributed by atoms with Crippen molar-refractivity contribution >= 4 is 51.1 Å². The van der Waals surface area contributed by atoms with Crippen LogP contribution in [-0.4, -0.2) is 64.2 Å². The van der Waals surface area contributed by atoms with E-state index in [4.69, 9.17) is 4.74 Å². The molecule has 0 fully saturated rings. The third kappa shape index (κ3) is 8.60. The van der Waals surface area contributed by atoms with Crippen LogP contribution in [-0.2, 0) is 14.6 Å². The monoisotopic (exact) mass is 491 g/mol. The standard InChI is InChI=1S/C14H25N3O4S2.HI/c1-4-15-14(17-11(2)9-21-3)16-8-12(18)10-23(19,20)13-6-5-7-22-13;/h5-7,11-12,18H,4,8-10H2,1-3H3,(H2,15,16,17);1H. The number of hydrogen-bond acceptors (Lipinski definition) is 6. The van der Waals surface area contributed by atoms with Crippen molar-refractivity contribution in [3.63, 3.8) is 0 Å². The van der Waals surface area contributed by atoms with Crippen LogP contribution in [0.25, 0.3) is 0 Å². The van der Waals surface area contributed by atoms with E-state index in [1.807, 2.05) is 13.8 Å². The summed E-state index contributed by atoms with van der Waals surface area (Å²) in [5, 5.41) is 17.8. The van der Waals surface area contributed by atoms with Gasteiger partial charge in [0.25, 0.3) is 0 Å². The van der Waals surface area contributed by atoms with Crippen molar-refractivity contribution in [2.45, 2.75) is 30.2 Å². The van der Waals surface area contributed by atoms with Crippen LogP contribution in [0.3, 0.4) is 0 Å². The van der Waals surface area contributed by atoms with Crippen molar-refractivity contribution in [2.75, 3.05) is 32.6 Å². The van der Waals surface area contributed by atoms with Gasteiger partial charge in [-0.15, -0.1) is 35.3 Å². The van der Waals surface area contributed by atoms with Crippen LogP contribution >= 0.6 is 35.3 Å². The van der Waals surface area contributed by atoms with Gasteiger partial charge in [-0.05, 0) is 25.3 Å². The van der Waals surface area contributed by atoms with Crippen molar-refractivity contribution < 1.29 is 18.3 Å². The summed E-state index contributed by atoms with van der Waals surface area (Å²) in [5.41, 5.74) is 0. The summed E-state index contributed by atoms with van der Waals surface area (Å²) in [6, 6.07) is 3.25. The summed E-state index contributed by atoms with van der Waals surface area (Å²) in [5.74, 6) is 0.175. The van der Waals surface area contributed by atoms with Gasteiger partial charge in [-0.3, -0.25) is 4.99 Å². The van der Waals surface area contributed by atoms with E-state index < -0.39 is 15.9 Å². The van der Waals surface area contributed by atoms with Crippen molar-refractivity contribution in [2.24, 2.45) is 4.99 Å².